The highest BCUT2D eigenvalue weighted by Crippen LogP contribution is 2.41. The van der Waals surface area contributed by atoms with Gasteiger partial charge in [0.2, 0.25) is 5.91 Å². The summed E-state index contributed by atoms with van der Waals surface area (Å²) in [7, 11) is 0. The minimum absolute atomic E-state index is 0.0864. The van der Waals surface area contributed by atoms with E-state index in [0.29, 0.717) is 6.42 Å². The molecule has 0 bridgehead atoms. The molecule has 1 aliphatic carbocycles. The molecule has 1 saturated heterocycles. The predicted octanol–water partition coefficient (Wildman–Crippen LogP) is 0.788. The minimum Gasteiger partial charge on any atom is -0.371 e. The molecule has 12 heavy (non-hydrogen) atoms. The first-order valence-electron chi connectivity index (χ1n) is 4.67. The van der Waals surface area contributed by atoms with Crippen LogP contribution in [-0.2, 0) is 9.53 Å². The Labute approximate surface area is 72.7 Å². The first kappa shape index (κ1) is 8.05. The second-order valence-corrected chi connectivity index (χ2v) is 3.70. The molecule has 2 aliphatic rings. The van der Waals surface area contributed by atoms with E-state index in [1.807, 2.05) is 11.8 Å². The molecule has 68 valence electrons. The Bertz CT molecular complexity index is 199. The lowest BCUT2D eigenvalue weighted by atomic mass is 10.2. The molecule has 0 aromatic rings. The normalized spacial score (nSPS) is 25.9. The fourth-order valence-corrected chi connectivity index (χ4v) is 1.72. The average molecular weight is 169 g/mol. The maximum Gasteiger partial charge on any atom is 0.222 e. The second-order valence-electron chi connectivity index (χ2n) is 3.70. The molecular formula is C9H15NO2. The van der Waals surface area contributed by atoms with Crippen LogP contribution in [0.2, 0.25) is 0 Å². The van der Waals surface area contributed by atoms with Crippen molar-refractivity contribution < 1.29 is 9.53 Å². The first-order chi connectivity index (χ1) is 5.76. The number of hydrogen-bond donors (Lipinski definition) is 0. The highest BCUT2D eigenvalue weighted by Gasteiger charge is 2.48. The van der Waals surface area contributed by atoms with Crippen molar-refractivity contribution in [1.29, 1.82) is 0 Å². The molecule has 1 aliphatic heterocycles. The van der Waals surface area contributed by atoms with Crippen LogP contribution in [0.4, 0.5) is 0 Å². The third-order valence-electron chi connectivity index (χ3n) is 2.71. The molecule has 0 aromatic heterocycles. The van der Waals surface area contributed by atoms with Crippen molar-refractivity contribution in [2.45, 2.75) is 31.8 Å². The zero-order valence-corrected chi connectivity index (χ0v) is 7.51. The van der Waals surface area contributed by atoms with E-state index in [4.69, 9.17) is 4.74 Å². The van der Waals surface area contributed by atoms with Gasteiger partial charge in [-0.1, -0.05) is 6.92 Å². The monoisotopic (exact) mass is 169 g/mol. The van der Waals surface area contributed by atoms with Crippen molar-refractivity contribution >= 4 is 5.91 Å². The first-order valence-corrected chi connectivity index (χ1v) is 4.67. The van der Waals surface area contributed by atoms with E-state index in [2.05, 4.69) is 0 Å². The number of amides is 1. The maximum absolute atomic E-state index is 11.4. The topological polar surface area (TPSA) is 29.5 Å². The van der Waals surface area contributed by atoms with Gasteiger partial charge < -0.3 is 9.64 Å². The van der Waals surface area contributed by atoms with Crippen molar-refractivity contribution in [2.24, 2.45) is 0 Å². The SMILES string of the molecule is CCC(=O)N1CCOC2(CC2)C1. The molecular weight excluding hydrogens is 154 g/mol. The second kappa shape index (κ2) is 2.73. The van der Waals surface area contributed by atoms with Crippen LogP contribution in [0.1, 0.15) is 26.2 Å². The van der Waals surface area contributed by atoms with Gasteiger partial charge in [-0.2, -0.15) is 0 Å². The summed E-state index contributed by atoms with van der Waals surface area (Å²) in [5.41, 5.74) is 0.0864. The van der Waals surface area contributed by atoms with Gasteiger partial charge in [0.25, 0.3) is 0 Å². The number of ether oxygens (including phenoxy) is 1. The molecule has 1 saturated carbocycles. The Balaban J connectivity index is 1.94. The smallest absolute Gasteiger partial charge is 0.222 e. The van der Waals surface area contributed by atoms with E-state index in [9.17, 15) is 4.79 Å². The third kappa shape index (κ3) is 1.33. The lowest BCUT2D eigenvalue weighted by molar-refractivity contribution is -0.140. The van der Waals surface area contributed by atoms with E-state index < -0.39 is 0 Å². The highest BCUT2D eigenvalue weighted by molar-refractivity contribution is 5.76. The maximum atomic E-state index is 11.4. The quantitative estimate of drug-likeness (QED) is 0.580. The van der Waals surface area contributed by atoms with Gasteiger partial charge in [-0.15, -0.1) is 0 Å². The number of nitrogens with zero attached hydrogens (tertiary/aromatic N) is 1. The largest absolute Gasteiger partial charge is 0.371 e. The van der Waals surface area contributed by atoms with Gasteiger partial charge in [0.1, 0.15) is 0 Å². The third-order valence-corrected chi connectivity index (χ3v) is 2.71. The van der Waals surface area contributed by atoms with E-state index in [0.717, 1.165) is 32.5 Å². The number of hydrogen-bond acceptors (Lipinski definition) is 2. The van der Waals surface area contributed by atoms with Gasteiger partial charge >= 0.3 is 0 Å². The number of carbonyl (C=O) groups excluding carboxylic acids is 1. The molecule has 2 fully saturated rings. The fraction of sp³-hybridized carbons (Fsp3) is 0.889. The molecule has 0 aromatic carbocycles. The molecule has 1 amide bonds. The molecule has 0 radical (unpaired) electrons. The van der Waals surface area contributed by atoms with Gasteiger partial charge in [-0.3, -0.25) is 4.79 Å². The average Bonchev–Trinajstić information content (AvgIpc) is 2.84. The van der Waals surface area contributed by atoms with Crippen molar-refractivity contribution in [3.05, 3.63) is 0 Å². The zero-order valence-electron chi connectivity index (χ0n) is 7.51. The highest BCUT2D eigenvalue weighted by atomic mass is 16.5. The van der Waals surface area contributed by atoms with Gasteiger partial charge in [-0.05, 0) is 12.8 Å². The van der Waals surface area contributed by atoms with Crippen LogP contribution in [-0.4, -0.2) is 36.1 Å². The van der Waals surface area contributed by atoms with Crippen LogP contribution in [0.5, 0.6) is 0 Å². The Morgan fingerprint density at radius 1 is 1.58 bits per heavy atom. The number of morpholine rings is 1. The number of carbonyl (C=O) groups is 1. The summed E-state index contributed by atoms with van der Waals surface area (Å²) in [5, 5.41) is 0. The fourth-order valence-electron chi connectivity index (χ4n) is 1.72. The lowest BCUT2D eigenvalue weighted by Gasteiger charge is -2.33. The summed E-state index contributed by atoms with van der Waals surface area (Å²) in [6.07, 6.45) is 2.90. The summed E-state index contributed by atoms with van der Waals surface area (Å²) in [6, 6.07) is 0. The van der Waals surface area contributed by atoms with Gasteiger partial charge in [-0.25, -0.2) is 0 Å². The summed E-state index contributed by atoms with van der Waals surface area (Å²) >= 11 is 0. The Hall–Kier alpha value is -0.570. The van der Waals surface area contributed by atoms with E-state index in [-0.39, 0.29) is 11.5 Å². The van der Waals surface area contributed by atoms with Crippen LogP contribution in [0, 0.1) is 0 Å². The summed E-state index contributed by atoms with van der Waals surface area (Å²) in [5.74, 6) is 0.268. The van der Waals surface area contributed by atoms with E-state index in [1.54, 1.807) is 0 Å². The van der Waals surface area contributed by atoms with Crippen LogP contribution in [0.25, 0.3) is 0 Å². The molecule has 2 rings (SSSR count). The molecule has 0 atom stereocenters. The summed E-state index contributed by atoms with van der Waals surface area (Å²) in [6.45, 7) is 4.26. The summed E-state index contributed by atoms with van der Waals surface area (Å²) < 4.78 is 5.61. The lowest BCUT2D eigenvalue weighted by Crippen LogP contribution is -2.46. The predicted molar refractivity (Wildman–Crippen MR) is 44.8 cm³/mol. The minimum atomic E-state index is 0.0864. The van der Waals surface area contributed by atoms with E-state index in [1.165, 1.54) is 0 Å². The van der Waals surface area contributed by atoms with Gasteiger partial charge in [0, 0.05) is 19.5 Å². The van der Waals surface area contributed by atoms with Crippen LogP contribution >= 0.6 is 0 Å². The van der Waals surface area contributed by atoms with Crippen molar-refractivity contribution in [2.75, 3.05) is 19.7 Å². The molecule has 1 heterocycles. The number of rotatable bonds is 1. The van der Waals surface area contributed by atoms with Crippen molar-refractivity contribution in [3.63, 3.8) is 0 Å². The van der Waals surface area contributed by atoms with Gasteiger partial charge in [0.05, 0.1) is 12.2 Å². The van der Waals surface area contributed by atoms with Crippen LogP contribution in [0.3, 0.4) is 0 Å². The Kier molecular flexibility index (Phi) is 1.83. The molecule has 3 heteroatoms. The van der Waals surface area contributed by atoms with Crippen molar-refractivity contribution in [3.8, 4) is 0 Å². The Morgan fingerprint density at radius 2 is 2.33 bits per heavy atom. The molecule has 0 unspecified atom stereocenters. The van der Waals surface area contributed by atoms with E-state index >= 15 is 0 Å². The molecule has 1 spiro atoms. The summed E-state index contributed by atoms with van der Waals surface area (Å²) in [4.78, 5) is 13.3. The standard InChI is InChI=1S/C9H15NO2/c1-2-8(11)10-5-6-12-9(7-10)3-4-9/h2-7H2,1H3. The molecule has 0 N–H and O–H groups in total. The molecule has 3 nitrogen and oxygen atoms in total. The van der Waals surface area contributed by atoms with Crippen LogP contribution < -0.4 is 0 Å². The Morgan fingerprint density at radius 3 is 2.92 bits per heavy atom. The zero-order chi connectivity index (χ0) is 8.60. The van der Waals surface area contributed by atoms with Crippen molar-refractivity contribution in [1.82, 2.24) is 4.90 Å². The van der Waals surface area contributed by atoms with Gasteiger partial charge in [0.15, 0.2) is 0 Å². The van der Waals surface area contributed by atoms with Crippen LogP contribution in [0.15, 0.2) is 0 Å².